The quantitative estimate of drug-likeness (QED) is 0.752. The Morgan fingerprint density at radius 1 is 1.10 bits per heavy atom. The lowest BCUT2D eigenvalue weighted by atomic mass is 9.99. The molecule has 1 aliphatic heterocycles. The number of carbonyl (C=O) groups is 1. The van der Waals surface area contributed by atoms with Gasteiger partial charge < -0.3 is 10.2 Å². The van der Waals surface area contributed by atoms with Crippen molar-refractivity contribution in [2.75, 3.05) is 29.0 Å². The molecule has 0 radical (unpaired) electrons. The normalized spacial score (nSPS) is 18.2. The van der Waals surface area contributed by atoms with Gasteiger partial charge >= 0.3 is 0 Å². The SMILES string of the molecule is C[C@@H]1CCCN(c2ccc([C@@H](C)NC(=O)c3ccc(NS(C)(=O)=O)cc3)cc2)C1. The second kappa shape index (κ2) is 8.86. The minimum Gasteiger partial charge on any atom is -0.371 e. The fourth-order valence-electron chi connectivity index (χ4n) is 3.66. The molecule has 2 aromatic carbocycles. The first-order chi connectivity index (χ1) is 13.7. The lowest BCUT2D eigenvalue weighted by Crippen LogP contribution is -2.34. The van der Waals surface area contributed by atoms with Crippen molar-refractivity contribution in [3.8, 4) is 0 Å². The Bertz CT molecular complexity index is 940. The summed E-state index contributed by atoms with van der Waals surface area (Å²) in [6.45, 7) is 6.44. The molecule has 3 rings (SSSR count). The zero-order chi connectivity index (χ0) is 21.0. The standard InChI is InChI=1S/C22H29N3O3S/c1-16-5-4-14-25(15-16)21-12-8-18(9-13-21)17(2)23-22(26)19-6-10-20(11-7-19)24-29(3,27)28/h6-13,16-17,24H,4-5,14-15H2,1-3H3,(H,23,26)/t16-,17-/m1/s1. The van der Waals surface area contributed by atoms with Gasteiger partial charge in [0.25, 0.3) is 5.91 Å². The number of carbonyl (C=O) groups excluding carboxylic acids is 1. The highest BCUT2D eigenvalue weighted by Gasteiger charge is 2.17. The highest BCUT2D eigenvalue weighted by molar-refractivity contribution is 7.92. The van der Waals surface area contributed by atoms with Crippen LogP contribution in [0.15, 0.2) is 48.5 Å². The number of rotatable bonds is 6. The van der Waals surface area contributed by atoms with Gasteiger partial charge in [0.15, 0.2) is 0 Å². The zero-order valence-corrected chi connectivity index (χ0v) is 18.0. The summed E-state index contributed by atoms with van der Waals surface area (Å²) in [6, 6.07) is 14.6. The van der Waals surface area contributed by atoms with Gasteiger partial charge in [-0.05, 0) is 67.6 Å². The lowest BCUT2D eigenvalue weighted by Gasteiger charge is -2.33. The molecule has 6 nitrogen and oxygen atoms in total. The van der Waals surface area contributed by atoms with E-state index < -0.39 is 10.0 Å². The molecule has 1 amide bonds. The van der Waals surface area contributed by atoms with Crippen molar-refractivity contribution in [1.29, 1.82) is 0 Å². The molecular weight excluding hydrogens is 386 g/mol. The molecule has 0 spiro atoms. The topological polar surface area (TPSA) is 78.5 Å². The minimum atomic E-state index is -3.33. The van der Waals surface area contributed by atoms with Crippen LogP contribution in [-0.2, 0) is 10.0 Å². The zero-order valence-electron chi connectivity index (χ0n) is 17.2. The van der Waals surface area contributed by atoms with Gasteiger partial charge in [-0.3, -0.25) is 9.52 Å². The number of nitrogens with one attached hydrogen (secondary N) is 2. The van der Waals surface area contributed by atoms with Crippen molar-refractivity contribution in [2.45, 2.75) is 32.7 Å². The molecule has 0 unspecified atom stereocenters. The largest absolute Gasteiger partial charge is 0.371 e. The average molecular weight is 416 g/mol. The number of sulfonamides is 1. The van der Waals surface area contributed by atoms with E-state index in [1.165, 1.54) is 18.5 Å². The van der Waals surface area contributed by atoms with Crippen molar-refractivity contribution >= 4 is 27.3 Å². The van der Waals surface area contributed by atoms with Crippen molar-refractivity contribution in [1.82, 2.24) is 5.32 Å². The fourth-order valence-corrected chi connectivity index (χ4v) is 4.23. The summed E-state index contributed by atoms with van der Waals surface area (Å²) in [5, 5.41) is 3.00. The molecule has 1 fully saturated rings. The predicted octanol–water partition coefficient (Wildman–Crippen LogP) is 3.79. The summed E-state index contributed by atoms with van der Waals surface area (Å²) in [5.74, 6) is 0.526. The van der Waals surface area contributed by atoms with E-state index >= 15 is 0 Å². The number of benzene rings is 2. The first-order valence-corrected chi connectivity index (χ1v) is 11.8. The summed E-state index contributed by atoms with van der Waals surface area (Å²) in [5.41, 5.74) is 3.19. The van der Waals surface area contributed by atoms with Gasteiger partial charge in [-0.25, -0.2) is 8.42 Å². The van der Waals surface area contributed by atoms with Gasteiger partial charge in [0.1, 0.15) is 0 Å². The second-order valence-corrected chi connectivity index (χ2v) is 9.68. The maximum Gasteiger partial charge on any atom is 0.251 e. The van der Waals surface area contributed by atoms with E-state index in [-0.39, 0.29) is 11.9 Å². The van der Waals surface area contributed by atoms with Crippen molar-refractivity contribution in [3.05, 3.63) is 59.7 Å². The molecular formula is C22H29N3O3S. The Balaban J connectivity index is 1.60. The van der Waals surface area contributed by atoms with E-state index in [0.29, 0.717) is 11.3 Å². The van der Waals surface area contributed by atoms with Crippen LogP contribution < -0.4 is 14.9 Å². The van der Waals surface area contributed by atoms with E-state index in [4.69, 9.17) is 0 Å². The molecule has 156 valence electrons. The molecule has 0 aromatic heterocycles. The molecule has 2 aromatic rings. The Kier molecular flexibility index (Phi) is 6.47. The van der Waals surface area contributed by atoms with E-state index in [0.717, 1.165) is 30.8 Å². The molecule has 1 aliphatic rings. The number of piperidine rings is 1. The third kappa shape index (κ3) is 5.97. The van der Waals surface area contributed by atoms with Crippen molar-refractivity contribution in [3.63, 3.8) is 0 Å². The predicted molar refractivity (Wildman–Crippen MR) is 118 cm³/mol. The van der Waals surface area contributed by atoms with Gasteiger partial charge in [0.05, 0.1) is 12.3 Å². The van der Waals surface area contributed by atoms with Crippen LogP contribution in [0.4, 0.5) is 11.4 Å². The van der Waals surface area contributed by atoms with Crippen molar-refractivity contribution < 1.29 is 13.2 Å². The highest BCUT2D eigenvalue weighted by atomic mass is 32.2. The van der Waals surface area contributed by atoms with Crippen LogP contribution in [0.3, 0.4) is 0 Å². The Hall–Kier alpha value is -2.54. The molecule has 1 saturated heterocycles. The molecule has 0 bridgehead atoms. The number of anilines is 2. The number of amides is 1. The molecule has 7 heteroatoms. The van der Waals surface area contributed by atoms with Gasteiger partial charge in [-0.15, -0.1) is 0 Å². The van der Waals surface area contributed by atoms with Crippen molar-refractivity contribution in [2.24, 2.45) is 5.92 Å². The van der Waals surface area contributed by atoms with Gasteiger partial charge in [0.2, 0.25) is 10.0 Å². The number of hydrogen-bond donors (Lipinski definition) is 2. The van der Waals surface area contributed by atoms with Crippen LogP contribution in [0.1, 0.15) is 48.7 Å². The summed E-state index contributed by atoms with van der Waals surface area (Å²) in [6.07, 6.45) is 3.61. The maximum absolute atomic E-state index is 12.5. The van der Waals surface area contributed by atoms with Crippen LogP contribution in [0, 0.1) is 5.92 Å². The highest BCUT2D eigenvalue weighted by Crippen LogP contribution is 2.24. The third-order valence-corrected chi connectivity index (χ3v) is 5.82. The summed E-state index contributed by atoms with van der Waals surface area (Å²) in [7, 11) is -3.33. The molecule has 0 aliphatic carbocycles. The van der Waals surface area contributed by atoms with E-state index in [1.54, 1.807) is 24.3 Å². The minimum absolute atomic E-state index is 0.134. The monoisotopic (exact) mass is 415 g/mol. The lowest BCUT2D eigenvalue weighted by molar-refractivity contribution is 0.0940. The van der Waals surface area contributed by atoms with E-state index in [9.17, 15) is 13.2 Å². The molecule has 2 N–H and O–H groups in total. The smallest absolute Gasteiger partial charge is 0.251 e. The molecule has 0 saturated carbocycles. The Morgan fingerprint density at radius 2 is 1.76 bits per heavy atom. The third-order valence-electron chi connectivity index (χ3n) is 5.21. The number of nitrogens with zero attached hydrogens (tertiary/aromatic N) is 1. The van der Waals surface area contributed by atoms with Gasteiger partial charge in [0, 0.05) is 30.0 Å². The molecule has 2 atom stereocenters. The number of hydrogen-bond acceptors (Lipinski definition) is 4. The van der Waals surface area contributed by atoms with Crippen LogP contribution in [-0.4, -0.2) is 33.7 Å². The van der Waals surface area contributed by atoms with E-state index in [1.807, 2.05) is 6.92 Å². The first-order valence-electron chi connectivity index (χ1n) is 9.95. The molecule has 29 heavy (non-hydrogen) atoms. The van der Waals surface area contributed by atoms with E-state index in [2.05, 4.69) is 46.1 Å². The Morgan fingerprint density at radius 3 is 2.34 bits per heavy atom. The van der Waals surface area contributed by atoms with Gasteiger partial charge in [-0.2, -0.15) is 0 Å². The van der Waals surface area contributed by atoms with Crippen LogP contribution in [0.5, 0.6) is 0 Å². The summed E-state index contributed by atoms with van der Waals surface area (Å²) < 4.78 is 24.9. The summed E-state index contributed by atoms with van der Waals surface area (Å²) >= 11 is 0. The maximum atomic E-state index is 12.5. The van der Waals surface area contributed by atoms with Crippen LogP contribution in [0.25, 0.3) is 0 Å². The fraction of sp³-hybridized carbons (Fsp3) is 0.409. The van der Waals surface area contributed by atoms with Crippen LogP contribution >= 0.6 is 0 Å². The van der Waals surface area contributed by atoms with Gasteiger partial charge in [-0.1, -0.05) is 19.1 Å². The first kappa shape index (κ1) is 21.2. The van der Waals surface area contributed by atoms with Crippen LogP contribution in [0.2, 0.25) is 0 Å². The summed E-state index contributed by atoms with van der Waals surface area (Å²) in [4.78, 5) is 14.9. The molecule has 1 heterocycles. The Labute approximate surface area is 173 Å². The second-order valence-electron chi connectivity index (χ2n) is 7.93. The average Bonchev–Trinajstić information content (AvgIpc) is 2.67.